The summed E-state index contributed by atoms with van der Waals surface area (Å²) in [7, 11) is 0. The van der Waals surface area contributed by atoms with Crippen molar-refractivity contribution in [2.45, 2.75) is 38.8 Å². The number of thiophene rings is 1. The van der Waals surface area contributed by atoms with Crippen LogP contribution in [0.4, 0.5) is 5.69 Å². The second-order valence-corrected chi connectivity index (χ2v) is 11.1. The number of amides is 2. The molecule has 8 nitrogen and oxygen atoms in total. The minimum atomic E-state index is -0.479. The van der Waals surface area contributed by atoms with Crippen molar-refractivity contribution in [2.24, 2.45) is 0 Å². The largest absolute Gasteiger partial charge is 0.339 e. The molecule has 1 fully saturated rings. The Morgan fingerprint density at radius 1 is 1.03 bits per heavy atom. The molecule has 0 N–H and O–H groups in total. The molecule has 0 bridgehead atoms. The molecule has 3 aromatic rings. The van der Waals surface area contributed by atoms with E-state index in [2.05, 4.69) is 47.5 Å². The summed E-state index contributed by atoms with van der Waals surface area (Å²) >= 11 is 1.82. The van der Waals surface area contributed by atoms with Gasteiger partial charge in [-0.1, -0.05) is 24.3 Å². The highest BCUT2D eigenvalue weighted by atomic mass is 32.1. The zero-order valence-electron chi connectivity index (χ0n) is 21.7. The van der Waals surface area contributed by atoms with Gasteiger partial charge in [0.05, 0.1) is 11.0 Å². The second kappa shape index (κ2) is 11.0. The Morgan fingerprint density at radius 2 is 1.79 bits per heavy atom. The van der Waals surface area contributed by atoms with Crippen molar-refractivity contribution in [2.75, 3.05) is 32.7 Å². The van der Waals surface area contributed by atoms with Gasteiger partial charge < -0.3 is 9.80 Å². The first-order chi connectivity index (χ1) is 18.3. The lowest BCUT2D eigenvalue weighted by atomic mass is 9.90. The lowest BCUT2D eigenvalue weighted by Gasteiger charge is -2.41. The van der Waals surface area contributed by atoms with E-state index >= 15 is 0 Å². The van der Waals surface area contributed by atoms with Crippen LogP contribution in [-0.2, 0) is 11.2 Å². The Hall–Kier alpha value is -3.56. The van der Waals surface area contributed by atoms with Crippen molar-refractivity contribution in [1.82, 2.24) is 14.7 Å². The van der Waals surface area contributed by atoms with Crippen LogP contribution in [-0.4, -0.2) is 70.2 Å². The fourth-order valence-corrected chi connectivity index (χ4v) is 6.55. The average molecular weight is 533 g/mol. The SMILES string of the molecule is Cc1ccccc1[C@@H]1c2ccsc2CCN1CCC(=O)N1CCN(C(=O)c2ccc([N+](=O)[O-])cc2)[C@@H](C)C1. The molecule has 2 aromatic carbocycles. The van der Waals surface area contributed by atoms with E-state index < -0.39 is 4.92 Å². The van der Waals surface area contributed by atoms with Gasteiger partial charge in [0.25, 0.3) is 11.6 Å². The van der Waals surface area contributed by atoms with Gasteiger partial charge in [-0.15, -0.1) is 11.3 Å². The number of carbonyl (C=O) groups excluding carboxylic acids is 2. The molecular weight excluding hydrogens is 500 g/mol. The first kappa shape index (κ1) is 26.1. The van der Waals surface area contributed by atoms with E-state index in [0.29, 0.717) is 38.2 Å². The Labute approximate surface area is 226 Å². The van der Waals surface area contributed by atoms with Crippen molar-refractivity contribution in [3.05, 3.63) is 97.2 Å². The number of nitro benzene ring substituents is 1. The molecule has 2 aliphatic heterocycles. The van der Waals surface area contributed by atoms with Crippen LogP contribution in [0.3, 0.4) is 0 Å². The lowest BCUT2D eigenvalue weighted by Crippen LogP contribution is -2.55. The number of piperazine rings is 1. The molecule has 9 heteroatoms. The van der Waals surface area contributed by atoms with Crippen molar-refractivity contribution in [1.29, 1.82) is 0 Å². The van der Waals surface area contributed by atoms with Gasteiger partial charge in [-0.25, -0.2) is 0 Å². The first-order valence-corrected chi connectivity index (χ1v) is 13.9. The summed E-state index contributed by atoms with van der Waals surface area (Å²) in [6.45, 7) is 7.11. The number of carbonyl (C=O) groups is 2. The number of rotatable bonds is 6. The van der Waals surface area contributed by atoms with Crippen LogP contribution in [0.5, 0.6) is 0 Å². The van der Waals surface area contributed by atoms with E-state index in [4.69, 9.17) is 0 Å². The number of nitrogens with zero attached hydrogens (tertiary/aromatic N) is 4. The van der Waals surface area contributed by atoms with E-state index in [1.54, 1.807) is 4.90 Å². The number of nitro groups is 1. The molecule has 0 saturated carbocycles. The van der Waals surface area contributed by atoms with Crippen LogP contribution in [0.15, 0.2) is 60.0 Å². The van der Waals surface area contributed by atoms with Crippen LogP contribution < -0.4 is 0 Å². The van der Waals surface area contributed by atoms with Gasteiger partial charge in [-0.05, 0) is 60.5 Å². The third-order valence-corrected chi connectivity index (χ3v) is 8.72. The fraction of sp³-hybridized carbons (Fsp3) is 0.379. The Balaban J connectivity index is 1.21. The Kier molecular flexibility index (Phi) is 7.58. The highest BCUT2D eigenvalue weighted by Crippen LogP contribution is 2.39. The average Bonchev–Trinajstić information content (AvgIpc) is 3.40. The summed E-state index contributed by atoms with van der Waals surface area (Å²) in [6.07, 6.45) is 1.44. The zero-order chi connectivity index (χ0) is 26.8. The number of hydrogen-bond donors (Lipinski definition) is 0. The summed E-state index contributed by atoms with van der Waals surface area (Å²) in [6, 6.07) is 16.4. The molecule has 2 atom stereocenters. The van der Waals surface area contributed by atoms with Crippen molar-refractivity contribution in [3.63, 3.8) is 0 Å². The maximum atomic E-state index is 13.3. The molecule has 2 amide bonds. The number of hydrogen-bond acceptors (Lipinski definition) is 6. The monoisotopic (exact) mass is 532 g/mol. The molecule has 0 aliphatic carbocycles. The predicted molar refractivity (Wildman–Crippen MR) is 147 cm³/mol. The Bertz CT molecular complexity index is 1340. The van der Waals surface area contributed by atoms with Gasteiger partial charge in [0.15, 0.2) is 0 Å². The van der Waals surface area contributed by atoms with E-state index in [1.165, 1.54) is 45.8 Å². The maximum absolute atomic E-state index is 13.3. The third-order valence-electron chi connectivity index (χ3n) is 7.73. The highest BCUT2D eigenvalue weighted by Gasteiger charge is 2.33. The molecule has 5 rings (SSSR count). The smallest absolute Gasteiger partial charge is 0.269 e. The molecule has 2 aliphatic rings. The standard InChI is InChI=1S/C29H32N4O4S/c1-20-5-3-4-6-24(20)28-25-13-18-38-26(25)11-14-30(28)15-12-27(34)31-16-17-32(21(2)19-31)29(35)22-7-9-23(10-8-22)33(36)37/h3-10,13,18,21,28H,11-12,14-17,19H2,1-2H3/t21-,28+/m0/s1. The van der Waals surface area contributed by atoms with Crippen molar-refractivity contribution < 1.29 is 14.5 Å². The van der Waals surface area contributed by atoms with Gasteiger partial charge >= 0.3 is 0 Å². The van der Waals surface area contributed by atoms with E-state index in [0.717, 1.165) is 13.0 Å². The van der Waals surface area contributed by atoms with Crippen LogP contribution in [0, 0.1) is 17.0 Å². The summed E-state index contributed by atoms with van der Waals surface area (Å²) in [5.41, 5.74) is 4.29. The minimum absolute atomic E-state index is 0.0430. The summed E-state index contributed by atoms with van der Waals surface area (Å²) in [5, 5.41) is 13.1. The van der Waals surface area contributed by atoms with Crippen LogP contribution in [0.1, 0.15) is 51.3 Å². The maximum Gasteiger partial charge on any atom is 0.269 e. The number of fused-ring (bicyclic) bond motifs is 1. The van der Waals surface area contributed by atoms with Gasteiger partial charge in [0, 0.05) is 67.8 Å². The summed E-state index contributed by atoms with van der Waals surface area (Å²) in [4.78, 5) is 44.2. The molecule has 0 spiro atoms. The van der Waals surface area contributed by atoms with Crippen LogP contribution in [0.25, 0.3) is 0 Å². The number of aryl methyl sites for hydroxylation is 1. The quantitative estimate of drug-likeness (QED) is 0.340. The summed E-state index contributed by atoms with van der Waals surface area (Å²) in [5.74, 6) is -0.0561. The van der Waals surface area contributed by atoms with E-state index in [9.17, 15) is 19.7 Å². The summed E-state index contributed by atoms with van der Waals surface area (Å²) < 4.78 is 0. The van der Waals surface area contributed by atoms with Gasteiger partial charge in [0.1, 0.15) is 0 Å². The molecule has 38 heavy (non-hydrogen) atoms. The van der Waals surface area contributed by atoms with Crippen molar-refractivity contribution >= 4 is 28.8 Å². The normalized spacial score (nSPS) is 19.7. The lowest BCUT2D eigenvalue weighted by molar-refractivity contribution is -0.384. The molecule has 198 valence electrons. The molecule has 1 saturated heterocycles. The van der Waals surface area contributed by atoms with Gasteiger partial charge in [0.2, 0.25) is 5.91 Å². The zero-order valence-corrected chi connectivity index (χ0v) is 22.5. The minimum Gasteiger partial charge on any atom is -0.339 e. The van der Waals surface area contributed by atoms with E-state index in [-0.39, 0.29) is 29.6 Å². The molecular formula is C29H32N4O4S. The van der Waals surface area contributed by atoms with Gasteiger partial charge in [-0.2, -0.15) is 0 Å². The molecule has 1 aromatic heterocycles. The highest BCUT2D eigenvalue weighted by molar-refractivity contribution is 7.10. The third kappa shape index (κ3) is 5.21. The van der Waals surface area contributed by atoms with Crippen LogP contribution >= 0.6 is 11.3 Å². The Morgan fingerprint density at radius 3 is 2.50 bits per heavy atom. The fourth-order valence-electron chi connectivity index (χ4n) is 5.64. The second-order valence-electron chi connectivity index (χ2n) is 10.1. The van der Waals surface area contributed by atoms with E-state index in [1.807, 2.05) is 23.2 Å². The number of benzene rings is 2. The van der Waals surface area contributed by atoms with Gasteiger partial charge in [-0.3, -0.25) is 24.6 Å². The predicted octanol–water partition coefficient (Wildman–Crippen LogP) is 4.68. The van der Waals surface area contributed by atoms with Crippen molar-refractivity contribution in [3.8, 4) is 0 Å². The van der Waals surface area contributed by atoms with Crippen LogP contribution in [0.2, 0.25) is 0 Å². The number of non-ortho nitro benzene ring substituents is 1. The molecule has 3 heterocycles. The first-order valence-electron chi connectivity index (χ1n) is 13.0. The topological polar surface area (TPSA) is 87.0 Å². The molecule has 0 unspecified atom stereocenters. The molecule has 0 radical (unpaired) electrons.